The van der Waals surface area contributed by atoms with Crippen molar-refractivity contribution in [2.75, 3.05) is 20.3 Å². The minimum Gasteiger partial charge on any atom is -0.469 e. The smallest absolute Gasteiger partial charge is 0.407 e. The van der Waals surface area contributed by atoms with Crippen molar-refractivity contribution in [3.8, 4) is 0 Å². The molecule has 7 nitrogen and oxygen atoms in total. The van der Waals surface area contributed by atoms with Crippen LogP contribution in [0.4, 0.5) is 4.79 Å². The van der Waals surface area contributed by atoms with Gasteiger partial charge in [0.2, 0.25) is 0 Å². The Hall–Kier alpha value is -1.34. The molecule has 0 saturated heterocycles. The molecule has 1 amide bonds. The number of nitrogens with one attached hydrogen (secondary N) is 1. The molecule has 7 heteroatoms. The van der Waals surface area contributed by atoms with Gasteiger partial charge in [-0.2, -0.15) is 0 Å². The van der Waals surface area contributed by atoms with Gasteiger partial charge in [0.05, 0.1) is 25.7 Å². The quantitative estimate of drug-likeness (QED) is 0.610. The molecule has 1 saturated carbocycles. The van der Waals surface area contributed by atoms with Gasteiger partial charge in [-0.15, -0.1) is 0 Å². The molecule has 1 aliphatic carbocycles. The second-order valence-corrected chi connectivity index (χ2v) is 5.91. The summed E-state index contributed by atoms with van der Waals surface area (Å²) in [6.07, 6.45) is -0.663. The lowest BCUT2D eigenvalue weighted by Gasteiger charge is -2.23. The SMILES string of the molecule is COC(=O)[C@@H]1C(CO)[C@@H]1[C@@H](CO)NC(=O)OC(C)(C)C. The maximum absolute atomic E-state index is 11.7. The van der Waals surface area contributed by atoms with Gasteiger partial charge in [0.15, 0.2) is 0 Å². The van der Waals surface area contributed by atoms with E-state index in [1.807, 2.05) is 0 Å². The number of hydrogen-bond acceptors (Lipinski definition) is 6. The molecule has 3 N–H and O–H groups in total. The zero-order chi connectivity index (χ0) is 15.5. The zero-order valence-corrected chi connectivity index (χ0v) is 12.3. The minimum atomic E-state index is -0.663. The lowest BCUT2D eigenvalue weighted by atomic mass is 10.1. The fourth-order valence-corrected chi connectivity index (χ4v) is 2.37. The van der Waals surface area contributed by atoms with E-state index in [-0.39, 0.29) is 25.0 Å². The summed E-state index contributed by atoms with van der Waals surface area (Å²) in [5.41, 5.74) is -0.647. The fraction of sp³-hybridized carbons (Fsp3) is 0.846. The predicted octanol–water partition coefficient (Wildman–Crippen LogP) is -0.101. The van der Waals surface area contributed by atoms with Crippen molar-refractivity contribution in [2.45, 2.75) is 32.4 Å². The molecule has 0 bridgehead atoms. The predicted molar refractivity (Wildman–Crippen MR) is 69.8 cm³/mol. The highest BCUT2D eigenvalue weighted by atomic mass is 16.6. The van der Waals surface area contributed by atoms with Gasteiger partial charge in [-0.3, -0.25) is 4.79 Å². The first-order valence-electron chi connectivity index (χ1n) is 6.54. The number of carbonyl (C=O) groups is 2. The van der Waals surface area contributed by atoms with Crippen molar-refractivity contribution >= 4 is 12.1 Å². The molecule has 1 rings (SSSR count). The van der Waals surface area contributed by atoms with E-state index in [2.05, 4.69) is 10.1 Å². The van der Waals surface area contributed by atoms with Crippen LogP contribution in [0.1, 0.15) is 20.8 Å². The molecule has 0 heterocycles. The van der Waals surface area contributed by atoms with Crippen molar-refractivity contribution in [1.29, 1.82) is 0 Å². The van der Waals surface area contributed by atoms with Crippen LogP contribution in [0.15, 0.2) is 0 Å². The van der Waals surface area contributed by atoms with Crippen molar-refractivity contribution in [3.05, 3.63) is 0 Å². The molecule has 1 unspecified atom stereocenters. The number of methoxy groups -OCH3 is 1. The molecule has 1 aliphatic rings. The molecule has 1 fully saturated rings. The molecule has 0 aliphatic heterocycles. The number of amides is 1. The Morgan fingerprint density at radius 2 is 1.90 bits per heavy atom. The number of ether oxygens (including phenoxy) is 2. The van der Waals surface area contributed by atoms with Gasteiger partial charge in [-0.05, 0) is 20.8 Å². The van der Waals surface area contributed by atoms with Crippen LogP contribution < -0.4 is 5.32 Å². The normalized spacial score (nSPS) is 26.6. The number of hydrogen-bond donors (Lipinski definition) is 3. The maximum atomic E-state index is 11.7. The highest BCUT2D eigenvalue weighted by molar-refractivity contribution is 5.77. The molecule has 116 valence electrons. The van der Waals surface area contributed by atoms with E-state index in [1.165, 1.54) is 7.11 Å². The van der Waals surface area contributed by atoms with Crippen molar-refractivity contribution in [1.82, 2.24) is 5.32 Å². The topological polar surface area (TPSA) is 105 Å². The Bertz CT molecular complexity index is 364. The van der Waals surface area contributed by atoms with E-state index in [4.69, 9.17) is 4.74 Å². The van der Waals surface area contributed by atoms with Crippen LogP contribution in [0.2, 0.25) is 0 Å². The lowest BCUT2D eigenvalue weighted by molar-refractivity contribution is -0.143. The Morgan fingerprint density at radius 1 is 1.30 bits per heavy atom. The van der Waals surface area contributed by atoms with Crippen molar-refractivity contribution < 1.29 is 29.3 Å². The van der Waals surface area contributed by atoms with Crippen LogP contribution in [0.3, 0.4) is 0 Å². The molecule has 0 aromatic heterocycles. The lowest BCUT2D eigenvalue weighted by Crippen LogP contribution is -2.43. The molecule has 0 aromatic rings. The molecular formula is C13H23NO6. The standard InChI is InChI=1S/C13H23NO6/c1-13(2,3)20-12(18)14-8(6-16)9-7(5-15)10(9)11(17)19-4/h7-10,15-16H,5-6H2,1-4H3,(H,14,18)/t7?,8-,9-,10-/m1/s1. The molecule has 0 aromatic carbocycles. The average molecular weight is 289 g/mol. The van der Waals surface area contributed by atoms with Gasteiger partial charge in [-0.25, -0.2) is 4.79 Å². The third kappa shape index (κ3) is 4.08. The molecule has 0 spiro atoms. The Kier molecular flexibility index (Phi) is 5.35. The van der Waals surface area contributed by atoms with Gasteiger partial charge in [-0.1, -0.05) is 0 Å². The Morgan fingerprint density at radius 3 is 2.30 bits per heavy atom. The average Bonchev–Trinajstić information content (AvgIpc) is 3.06. The molecule has 20 heavy (non-hydrogen) atoms. The molecule has 0 radical (unpaired) electrons. The van der Waals surface area contributed by atoms with Crippen molar-refractivity contribution in [3.63, 3.8) is 0 Å². The van der Waals surface area contributed by atoms with Crippen LogP contribution >= 0.6 is 0 Å². The van der Waals surface area contributed by atoms with Gasteiger partial charge in [0.25, 0.3) is 0 Å². The maximum Gasteiger partial charge on any atom is 0.407 e. The Labute approximate surface area is 118 Å². The third-order valence-corrected chi connectivity index (χ3v) is 3.28. The summed E-state index contributed by atoms with van der Waals surface area (Å²) in [5.74, 6) is -1.60. The summed E-state index contributed by atoms with van der Waals surface area (Å²) in [7, 11) is 1.27. The van der Waals surface area contributed by atoms with E-state index >= 15 is 0 Å². The van der Waals surface area contributed by atoms with E-state index < -0.39 is 29.6 Å². The highest BCUT2D eigenvalue weighted by Gasteiger charge is 2.58. The van der Waals surface area contributed by atoms with Crippen LogP contribution in [-0.2, 0) is 14.3 Å². The first kappa shape index (κ1) is 16.7. The van der Waals surface area contributed by atoms with E-state index in [0.717, 1.165) is 0 Å². The fourth-order valence-electron chi connectivity index (χ4n) is 2.37. The number of alkyl carbamates (subject to hydrolysis) is 1. The number of rotatable bonds is 5. The number of esters is 1. The van der Waals surface area contributed by atoms with Gasteiger partial charge in [0, 0.05) is 18.4 Å². The highest BCUT2D eigenvalue weighted by Crippen LogP contribution is 2.48. The summed E-state index contributed by atoms with van der Waals surface area (Å²) in [6.45, 7) is 4.65. The minimum absolute atomic E-state index is 0.197. The van der Waals surface area contributed by atoms with Crippen LogP contribution in [-0.4, -0.2) is 54.2 Å². The molecular weight excluding hydrogens is 266 g/mol. The second-order valence-electron chi connectivity index (χ2n) is 5.91. The Balaban J connectivity index is 2.63. The van der Waals surface area contributed by atoms with Crippen LogP contribution in [0, 0.1) is 17.8 Å². The van der Waals surface area contributed by atoms with Gasteiger partial charge in [0.1, 0.15) is 5.60 Å². The summed E-state index contributed by atoms with van der Waals surface area (Å²) in [4.78, 5) is 23.2. The monoisotopic (exact) mass is 289 g/mol. The van der Waals surface area contributed by atoms with E-state index in [1.54, 1.807) is 20.8 Å². The largest absolute Gasteiger partial charge is 0.469 e. The van der Waals surface area contributed by atoms with Crippen LogP contribution in [0.5, 0.6) is 0 Å². The summed E-state index contributed by atoms with van der Waals surface area (Å²) in [6, 6.07) is -0.647. The van der Waals surface area contributed by atoms with Crippen LogP contribution in [0.25, 0.3) is 0 Å². The van der Waals surface area contributed by atoms with Crippen molar-refractivity contribution in [2.24, 2.45) is 17.8 Å². The zero-order valence-electron chi connectivity index (χ0n) is 12.3. The first-order chi connectivity index (χ1) is 9.25. The number of aliphatic hydroxyl groups is 2. The summed E-state index contributed by atoms with van der Waals surface area (Å²) in [5, 5.41) is 21.1. The number of aliphatic hydroxyl groups excluding tert-OH is 2. The van der Waals surface area contributed by atoms with E-state index in [9.17, 15) is 19.8 Å². The summed E-state index contributed by atoms with van der Waals surface area (Å²) >= 11 is 0. The van der Waals surface area contributed by atoms with Gasteiger partial charge < -0.3 is 25.0 Å². The first-order valence-corrected chi connectivity index (χ1v) is 6.54. The third-order valence-electron chi connectivity index (χ3n) is 3.28. The van der Waals surface area contributed by atoms with Gasteiger partial charge >= 0.3 is 12.1 Å². The molecule has 4 atom stereocenters. The van der Waals surface area contributed by atoms with E-state index in [0.29, 0.717) is 0 Å². The second kappa shape index (κ2) is 6.41. The number of carbonyl (C=O) groups excluding carboxylic acids is 2. The summed E-state index contributed by atoms with van der Waals surface area (Å²) < 4.78 is 9.74.